The lowest BCUT2D eigenvalue weighted by Crippen LogP contribution is -2.58. The first kappa shape index (κ1) is 23.6. The van der Waals surface area contributed by atoms with E-state index >= 15 is 0 Å². The Kier molecular flexibility index (Phi) is 5.98. The average molecular weight is 495 g/mol. The second kappa shape index (κ2) is 8.64. The van der Waals surface area contributed by atoms with Crippen LogP contribution in [0.1, 0.15) is 18.1 Å². The molecule has 34 heavy (non-hydrogen) atoms. The summed E-state index contributed by atoms with van der Waals surface area (Å²) in [6.45, 7) is 1.55. The van der Waals surface area contributed by atoms with Gasteiger partial charge in [-0.3, -0.25) is 19.4 Å². The van der Waals surface area contributed by atoms with E-state index in [-0.39, 0.29) is 5.56 Å². The molecular formula is C22H18ClF3N4O4. The fraction of sp³-hybridized carbons (Fsp3) is 0.273. The van der Waals surface area contributed by atoms with Gasteiger partial charge in [0.05, 0.1) is 34.5 Å². The van der Waals surface area contributed by atoms with Crippen LogP contribution >= 0.6 is 11.6 Å². The molecule has 0 saturated carbocycles. The molecule has 1 fully saturated rings. The van der Waals surface area contributed by atoms with E-state index in [4.69, 9.17) is 11.6 Å². The van der Waals surface area contributed by atoms with E-state index in [1.807, 2.05) is 11.5 Å². The fourth-order valence-electron chi connectivity index (χ4n) is 3.88. The Morgan fingerprint density at radius 1 is 1.24 bits per heavy atom. The van der Waals surface area contributed by atoms with Crippen LogP contribution in [0.5, 0.6) is 0 Å². The standard InChI is InChI=1S/C22H18ClF3N4O4/c1-2-28-11-27-16-8-13(6-7-17(16)28)29-10-14(20(32)33)19(31)30(21(29)34)9-12-4-3-5-15(18(12)23)22(24,25)26/h3-8,11,14H,2,9-10H2,1H3,(H,32,33). The number of hydrogen-bond donors (Lipinski definition) is 1. The number of imidazole rings is 1. The number of aliphatic carboxylic acids is 1. The third kappa shape index (κ3) is 4.07. The van der Waals surface area contributed by atoms with E-state index in [1.165, 1.54) is 6.07 Å². The first-order valence-electron chi connectivity index (χ1n) is 10.2. The lowest BCUT2D eigenvalue weighted by Gasteiger charge is -2.37. The molecule has 1 atom stereocenters. The number of amides is 3. The number of nitrogens with zero attached hydrogens (tertiary/aromatic N) is 4. The molecule has 2 heterocycles. The van der Waals surface area contributed by atoms with Gasteiger partial charge in [0.1, 0.15) is 0 Å². The molecule has 178 valence electrons. The van der Waals surface area contributed by atoms with Crippen molar-refractivity contribution in [2.24, 2.45) is 5.92 Å². The molecule has 3 aromatic rings. The van der Waals surface area contributed by atoms with Crippen LogP contribution in [-0.4, -0.2) is 44.0 Å². The third-order valence-corrected chi connectivity index (χ3v) is 6.11. The second-order valence-corrected chi connectivity index (χ2v) is 8.07. The lowest BCUT2D eigenvalue weighted by atomic mass is 10.0. The zero-order chi connectivity index (χ0) is 24.8. The van der Waals surface area contributed by atoms with Gasteiger partial charge in [-0.1, -0.05) is 23.7 Å². The number of halogens is 4. The van der Waals surface area contributed by atoms with Crippen molar-refractivity contribution in [1.82, 2.24) is 14.5 Å². The molecule has 1 aliphatic rings. The molecule has 2 aromatic carbocycles. The van der Waals surface area contributed by atoms with Gasteiger partial charge in [0, 0.05) is 18.8 Å². The Bertz CT molecular complexity index is 1310. The first-order chi connectivity index (χ1) is 16.0. The summed E-state index contributed by atoms with van der Waals surface area (Å²) in [6.07, 6.45) is -3.12. The molecule has 1 N–H and O–H groups in total. The number of imide groups is 1. The number of aromatic nitrogens is 2. The normalized spacial score (nSPS) is 17.0. The summed E-state index contributed by atoms with van der Waals surface area (Å²) in [4.78, 5) is 43.8. The number of fused-ring (bicyclic) bond motifs is 1. The van der Waals surface area contributed by atoms with E-state index in [0.29, 0.717) is 22.6 Å². The quantitative estimate of drug-likeness (QED) is 0.530. The van der Waals surface area contributed by atoms with Crippen LogP contribution < -0.4 is 4.90 Å². The maximum absolute atomic E-state index is 13.2. The highest BCUT2D eigenvalue weighted by molar-refractivity contribution is 6.32. The molecule has 0 spiro atoms. The summed E-state index contributed by atoms with van der Waals surface area (Å²) in [5.41, 5.74) is 0.406. The number of hydrogen-bond acceptors (Lipinski definition) is 4. The van der Waals surface area contributed by atoms with Crippen LogP contribution in [-0.2, 0) is 28.9 Å². The molecule has 0 aliphatic carbocycles. The van der Waals surface area contributed by atoms with Crippen molar-refractivity contribution in [3.63, 3.8) is 0 Å². The van der Waals surface area contributed by atoms with Crippen molar-refractivity contribution >= 4 is 46.2 Å². The minimum atomic E-state index is -4.74. The molecule has 0 radical (unpaired) electrons. The van der Waals surface area contributed by atoms with E-state index in [1.54, 1.807) is 24.5 Å². The zero-order valence-electron chi connectivity index (χ0n) is 17.7. The number of aryl methyl sites for hydroxylation is 1. The highest BCUT2D eigenvalue weighted by Crippen LogP contribution is 2.37. The predicted octanol–water partition coefficient (Wildman–Crippen LogP) is 4.40. The van der Waals surface area contributed by atoms with Gasteiger partial charge in [-0.2, -0.15) is 13.2 Å². The SMILES string of the molecule is CCn1cnc2cc(N3CC(C(=O)O)C(=O)N(Cc4cccc(C(F)(F)F)c4Cl)C3=O)ccc21. The molecular weight excluding hydrogens is 477 g/mol. The van der Waals surface area contributed by atoms with Crippen LogP contribution in [0.25, 0.3) is 11.0 Å². The fourth-order valence-corrected chi connectivity index (χ4v) is 4.17. The minimum Gasteiger partial charge on any atom is -0.481 e. The van der Waals surface area contributed by atoms with E-state index in [9.17, 15) is 32.7 Å². The molecule has 1 aromatic heterocycles. The monoisotopic (exact) mass is 494 g/mol. The smallest absolute Gasteiger partial charge is 0.417 e. The van der Waals surface area contributed by atoms with Crippen molar-refractivity contribution in [3.05, 3.63) is 58.9 Å². The molecule has 1 aliphatic heterocycles. The summed E-state index contributed by atoms with van der Waals surface area (Å²) in [7, 11) is 0. The molecule has 3 amide bonds. The number of carboxylic acid groups (broad SMARTS) is 1. The summed E-state index contributed by atoms with van der Waals surface area (Å²) in [5.74, 6) is -4.09. The van der Waals surface area contributed by atoms with Gasteiger partial charge in [0.25, 0.3) is 0 Å². The number of carbonyl (C=O) groups is 3. The Balaban J connectivity index is 1.73. The third-order valence-electron chi connectivity index (χ3n) is 5.66. The van der Waals surface area contributed by atoms with Gasteiger partial charge >= 0.3 is 18.2 Å². The van der Waals surface area contributed by atoms with Crippen LogP contribution in [0.15, 0.2) is 42.7 Å². The van der Waals surface area contributed by atoms with Crippen LogP contribution in [0.2, 0.25) is 5.02 Å². The maximum atomic E-state index is 13.2. The largest absolute Gasteiger partial charge is 0.481 e. The average Bonchev–Trinajstić information content (AvgIpc) is 3.19. The van der Waals surface area contributed by atoms with Crippen molar-refractivity contribution in [2.45, 2.75) is 26.2 Å². The number of benzene rings is 2. The van der Waals surface area contributed by atoms with E-state index in [2.05, 4.69) is 4.98 Å². The minimum absolute atomic E-state index is 0.138. The Morgan fingerprint density at radius 3 is 2.62 bits per heavy atom. The topological polar surface area (TPSA) is 95.7 Å². The number of rotatable bonds is 5. The van der Waals surface area contributed by atoms with Crippen LogP contribution in [0.4, 0.5) is 23.7 Å². The molecule has 8 nitrogen and oxygen atoms in total. The van der Waals surface area contributed by atoms with Crippen LogP contribution in [0.3, 0.4) is 0 Å². The Hall–Kier alpha value is -3.60. The Morgan fingerprint density at radius 2 is 1.97 bits per heavy atom. The summed E-state index contributed by atoms with van der Waals surface area (Å²) >= 11 is 5.93. The molecule has 4 rings (SSSR count). The van der Waals surface area contributed by atoms with Gasteiger partial charge in [-0.25, -0.2) is 9.78 Å². The summed E-state index contributed by atoms with van der Waals surface area (Å²) < 4.78 is 41.6. The second-order valence-electron chi connectivity index (χ2n) is 7.69. The van der Waals surface area contributed by atoms with Crippen molar-refractivity contribution < 1.29 is 32.7 Å². The molecule has 1 saturated heterocycles. The van der Waals surface area contributed by atoms with Gasteiger partial charge in [-0.15, -0.1) is 0 Å². The summed E-state index contributed by atoms with van der Waals surface area (Å²) in [5, 5.41) is 8.92. The predicted molar refractivity (Wildman–Crippen MR) is 116 cm³/mol. The van der Waals surface area contributed by atoms with Gasteiger partial charge in [0.2, 0.25) is 5.91 Å². The van der Waals surface area contributed by atoms with Gasteiger partial charge in [-0.05, 0) is 36.8 Å². The highest BCUT2D eigenvalue weighted by atomic mass is 35.5. The number of carbonyl (C=O) groups excluding carboxylic acids is 2. The van der Waals surface area contributed by atoms with Gasteiger partial charge < -0.3 is 9.67 Å². The highest BCUT2D eigenvalue weighted by Gasteiger charge is 2.44. The van der Waals surface area contributed by atoms with Crippen molar-refractivity contribution in [1.29, 1.82) is 0 Å². The molecule has 1 unspecified atom stereocenters. The van der Waals surface area contributed by atoms with Gasteiger partial charge in [0.15, 0.2) is 5.92 Å². The van der Waals surface area contributed by atoms with E-state index in [0.717, 1.165) is 22.5 Å². The molecule has 12 heteroatoms. The first-order valence-corrected chi connectivity index (χ1v) is 10.6. The number of alkyl halides is 3. The summed E-state index contributed by atoms with van der Waals surface area (Å²) in [6, 6.07) is 7.16. The van der Waals surface area contributed by atoms with Crippen molar-refractivity contribution in [2.75, 3.05) is 11.4 Å². The maximum Gasteiger partial charge on any atom is 0.417 e. The molecule has 0 bridgehead atoms. The Labute approximate surface area is 196 Å². The number of carboxylic acids is 1. The number of urea groups is 1. The van der Waals surface area contributed by atoms with Crippen LogP contribution in [0, 0.1) is 5.92 Å². The zero-order valence-corrected chi connectivity index (χ0v) is 18.5. The number of anilines is 1. The van der Waals surface area contributed by atoms with Crippen molar-refractivity contribution in [3.8, 4) is 0 Å². The van der Waals surface area contributed by atoms with E-state index < -0.39 is 53.7 Å². The lowest BCUT2D eigenvalue weighted by molar-refractivity contribution is -0.150.